The zero-order valence-electron chi connectivity index (χ0n) is 9.48. The number of halogens is 3. The van der Waals surface area contributed by atoms with Crippen molar-refractivity contribution in [2.24, 2.45) is 0 Å². The van der Waals surface area contributed by atoms with Crippen LogP contribution < -0.4 is 0 Å². The van der Waals surface area contributed by atoms with Gasteiger partial charge in [-0.15, -0.1) is 0 Å². The second-order valence-electron chi connectivity index (χ2n) is 3.75. The van der Waals surface area contributed by atoms with Gasteiger partial charge in [0.25, 0.3) is 0 Å². The van der Waals surface area contributed by atoms with E-state index in [0.717, 1.165) is 18.2 Å². The van der Waals surface area contributed by atoms with Crippen LogP contribution in [-0.2, 0) is 6.18 Å². The molecule has 2 rings (SSSR count). The summed E-state index contributed by atoms with van der Waals surface area (Å²) in [6.45, 7) is 0. The molecule has 1 aromatic heterocycles. The Kier molecular flexibility index (Phi) is 3.25. The number of carbonyl (C=O) groups is 1. The molecule has 1 N–H and O–H groups in total. The number of pyridine rings is 1. The number of nitrogens with zero attached hydrogens (tertiary/aromatic N) is 1. The summed E-state index contributed by atoms with van der Waals surface area (Å²) in [7, 11) is 0. The summed E-state index contributed by atoms with van der Waals surface area (Å²) in [5.74, 6) is -1.42. The van der Waals surface area contributed by atoms with Gasteiger partial charge in [0.15, 0.2) is 0 Å². The van der Waals surface area contributed by atoms with Crippen LogP contribution in [0.4, 0.5) is 13.2 Å². The molecule has 2 aromatic rings. The van der Waals surface area contributed by atoms with Gasteiger partial charge in [0, 0.05) is 11.8 Å². The van der Waals surface area contributed by atoms with Crippen LogP contribution in [0.5, 0.6) is 0 Å². The molecule has 0 saturated heterocycles. The van der Waals surface area contributed by atoms with E-state index in [1.54, 1.807) is 6.07 Å². The fraction of sp³-hybridized carbons (Fsp3) is 0.0769. The molecule has 0 fully saturated rings. The molecule has 0 amide bonds. The molecule has 3 nitrogen and oxygen atoms in total. The standard InChI is InChI=1S/C13H8F3NO2/c14-13(15,16)9-5-3-4-8(12(18)19)11(9)10-6-1-2-7-17-10/h1-7H,(H,18,19). The van der Waals surface area contributed by atoms with Gasteiger partial charge < -0.3 is 5.11 Å². The molecule has 1 aromatic carbocycles. The molecule has 0 radical (unpaired) electrons. The Labute approximate surface area is 106 Å². The largest absolute Gasteiger partial charge is 0.478 e. The number of aromatic carboxylic acids is 1. The molecule has 0 aliphatic heterocycles. The molecular formula is C13H8F3NO2. The van der Waals surface area contributed by atoms with E-state index in [4.69, 9.17) is 5.11 Å². The van der Waals surface area contributed by atoms with E-state index in [-0.39, 0.29) is 5.69 Å². The Morgan fingerprint density at radius 3 is 2.37 bits per heavy atom. The van der Waals surface area contributed by atoms with E-state index < -0.39 is 28.8 Å². The SMILES string of the molecule is O=C(O)c1cccc(C(F)(F)F)c1-c1ccccn1. The second-order valence-corrected chi connectivity index (χ2v) is 3.75. The summed E-state index contributed by atoms with van der Waals surface area (Å²) >= 11 is 0. The summed E-state index contributed by atoms with van der Waals surface area (Å²) in [6, 6.07) is 7.43. The van der Waals surface area contributed by atoms with Gasteiger partial charge >= 0.3 is 12.1 Å². The number of carboxylic acid groups (broad SMARTS) is 1. The van der Waals surface area contributed by atoms with Gasteiger partial charge in [0.05, 0.1) is 16.8 Å². The molecule has 0 bridgehead atoms. The number of aromatic nitrogens is 1. The van der Waals surface area contributed by atoms with E-state index >= 15 is 0 Å². The van der Waals surface area contributed by atoms with Crippen LogP contribution in [0, 0.1) is 0 Å². The Morgan fingerprint density at radius 1 is 1.11 bits per heavy atom. The minimum absolute atomic E-state index is 0.0205. The van der Waals surface area contributed by atoms with Crippen molar-refractivity contribution in [2.75, 3.05) is 0 Å². The van der Waals surface area contributed by atoms with Crippen molar-refractivity contribution in [1.29, 1.82) is 0 Å². The van der Waals surface area contributed by atoms with Crippen LogP contribution in [-0.4, -0.2) is 16.1 Å². The summed E-state index contributed by atoms with van der Waals surface area (Å²) < 4.78 is 38.9. The Hall–Kier alpha value is -2.37. The van der Waals surface area contributed by atoms with Crippen LogP contribution in [0.2, 0.25) is 0 Å². The topological polar surface area (TPSA) is 50.2 Å². The van der Waals surface area contributed by atoms with E-state index in [9.17, 15) is 18.0 Å². The highest BCUT2D eigenvalue weighted by Crippen LogP contribution is 2.38. The first-order valence-corrected chi connectivity index (χ1v) is 5.26. The molecule has 0 aliphatic carbocycles. The van der Waals surface area contributed by atoms with Crippen LogP contribution in [0.3, 0.4) is 0 Å². The molecule has 6 heteroatoms. The van der Waals surface area contributed by atoms with Crippen LogP contribution in [0.25, 0.3) is 11.3 Å². The van der Waals surface area contributed by atoms with Gasteiger partial charge in [-0.25, -0.2) is 4.79 Å². The molecule has 0 saturated carbocycles. The normalized spacial score (nSPS) is 11.3. The lowest BCUT2D eigenvalue weighted by Gasteiger charge is -2.14. The third-order valence-corrected chi connectivity index (χ3v) is 2.52. The van der Waals surface area contributed by atoms with Crippen LogP contribution in [0.15, 0.2) is 42.6 Å². The third kappa shape index (κ3) is 2.57. The second kappa shape index (κ2) is 4.72. The minimum atomic E-state index is -4.64. The first-order valence-electron chi connectivity index (χ1n) is 5.26. The first kappa shape index (κ1) is 13.1. The molecule has 0 atom stereocenters. The smallest absolute Gasteiger partial charge is 0.417 e. The number of benzene rings is 1. The summed E-state index contributed by atoms with van der Waals surface area (Å²) in [4.78, 5) is 14.9. The van der Waals surface area contributed by atoms with Gasteiger partial charge in [0.2, 0.25) is 0 Å². The van der Waals surface area contributed by atoms with Crippen LogP contribution in [0.1, 0.15) is 15.9 Å². The average molecular weight is 267 g/mol. The van der Waals surface area contributed by atoms with Crippen molar-refractivity contribution in [2.45, 2.75) is 6.18 Å². The summed E-state index contributed by atoms with van der Waals surface area (Å²) in [6.07, 6.45) is -3.33. The number of carboxylic acids is 1. The van der Waals surface area contributed by atoms with Gasteiger partial charge in [-0.3, -0.25) is 4.98 Å². The van der Waals surface area contributed by atoms with E-state index in [1.165, 1.54) is 18.3 Å². The van der Waals surface area contributed by atoms with Gasteiger partial charge in [-0.05, 0) is 24.3 Å². The number of rotatable bonds is 2. The molecular weight excluding hydrogens is 259 g/mol. The first-order chi connectivity index (χ1) is 8.91. The average Bonchev–Trinajstić information content (AvgIpc) is 2.37. The minimum Gasteiger partial charge on any atom is -0.478 e. The van der Waals surface area contributed by atoms with Crippen molar-refractivity contribution in [3.8, 4) is 11.3 Å². The molecule has 0 unspecified atom stereocenters. The maximum absolute atomic E-state index is 13.0. The number of alkyl halides is 3. The Bertz CT molecular complexity index is 609. The molecule has 1 heterocycles. The Morgan fingerprint density at radius 2 is 1.84 bits per heavy atom. The molecule has 98 valence electrons. The maximum Gasteiger partial charge on any atom is 0.417 e. The quantitative estimate of drug-likeness (QED) is 0.906. The highest BCUT2D eigenvalue weighted by molar-refractivity contribution is 5.96. The van der Waals surface area contributed by atoms with Gasteiger partial charge in [0.1, 0.15) is 0 Å². The number of hydrogen-bond acceptors (Lipinski definition) is 2. The monoisotopic (exact) mass is 267 g/mol. The molecule has 0 spiro atoms. The van der Waals surface area contributed by atoms with Crippen LogP contribution >= 0.6 is 0 Å². The lowest BCUT2D eigenvalue weighted by Crippen LogP contribution is -2.11. The maximum atomic E-state index is 13.0. The van der Waals surface area contributed by atoms with Crippen molar-refractivity contribution < 1.29 is 23.1 Å². The molecule has 19 heavy (non-hydrogen) atoms. The fourth-order valence-corrected chi connectivity index (χ4v) is 1.75. The lowest BCUT2D eigenvalue weighted by atomic mass is 9.97. The fourth-order valence-electron chi connectivity index (χ4n) is 1.75. The van der Waals surface area contributed by atoms with Gasteiger partial charge in [-0.1, -0.05) is 12.1 Å². The molecule has 0 aliphatic rings. The summed E-state index contributed by atoms with van der Waals surface area (Å²) in [5, 5.41) is 9.02. The van der Waals surface area contributed by atoms with Crippen molar-refractivity contribution >= 4 is 5.97 Å². The zero-order chi connectivity index (χ0) is 14.0. The third-order valence-electron chi connectivity index (χ3n) is 2.52. The summed E-state index contributed by atoms with van der Waals surface area (Å²) in [5.41, 5.74) is -1.87. The zero-order valence-corrected chi connectivity index (χ0v) is 9.48. The van der Waals surface area contributed by atoms with E-state index in [1.807, 2.05) is 0 Å². The van der Waals surface area contributed by atoms with E-state index in [2.05, 4.69) is 4.98 Å². The van der Waals surface area contributed by atoms with Crippen molar-refractivity contribution in [3.63, 3.8) is 0 Å². The number of hydrogen-bond donors (Lipinski definition) is 1. The van der Waals surface area contributed by atoms with E-state index in [0.29, 0.717) is 0 Å². The Balaban J connectivity index is 2.78. The highest BCUT2D eigenvalue weighted by Gasteiger charge is 2.35. The van der Waals surface area contributed by atoms with Gasteiger partial charge in [-0.2, -0.15) is 13.2 Å². The lowest BCUT2D eigenvalue weighted by molar-refractivity contribution is -0.137. The predicted molar refractivity (Wildman–Crippen MR) is 61.6 cm³/mol. The van der Waals surface area contributed by atoms with Crippen molar-refractivity contribution in [3.05, 3.63) is 53.7 Å². The predicted octanol–water partition coefficient (Wildman–Crippen LogP) is 3.47. The van der Waals surface area contributed by atoms with Crippen molar-refractivity contribution in [1.82, 2.24) is 4.98 Å². The highest BCUT2D eigenvalue weighted by atomic mass is 19.4.